The summed E-state index contributed by atoms with van der Waals surface area (Å²) in [6.45, 7) is 7.70. The molecule has 4 nitrogen and oxygen atoms in total. The van der Waals surface area contributed by atoms with Gasteiger partial charge in [0.05, 0.1) is 13.2 Å². The fraction of sp³-hybridized carbons (Fsp3) is 0.667. The summed E-state index contributed by atoms with van der Waals surface area (Å²) in [7, 11) is 0. The van der Waals surface area contributed by atoms with Gasteiger partial charge in [0, 0.05) is 11.1 Å². The molecular weight excluding hydrogens is 208 g/mol. The third-order valence-electron chi connectivity index (χ3n) is 2.05. The van der Waals surface area contributed by atoms with Gasteiger partial charge in [0.2, 0.25) is 0 Å². The number of ether oxygens (including phenoxy) is 2. The molecule has 0 heterocycles. The molecule has 0 spiro atoms. The molecule has 16 heavy (non-hydrogen) atoms. The Bertz CT molecular complexity index is 251. The van der Waals surface area contributed by atoms with Crippen LogP contribution in [-0.2, 0) is 19.1 Å². The second-order valence-electron chi connectivity index (χ2n) is 3.52. The first kappa shape index (κ1) is 14.7. The smallest absolute Gasteiger partial charge is 0.334 e. The molecule has 0 N–H and O–H groups in total. The molecule has 0 aromatic rings. The van der Waals surface area contributed by atoms with Gasteiger partial charge in [0.25, 0.3) is 0 Å². The van der Waals surface area contributed by atoms with Crippen LogP contribution in [0.15, 0.2) is 11.1 Å². The second kappa shape index (κ2) is 7.91. The molecule has 0 aliphatic heterocycles. The van der Waals surface area contributed by atoms with E-state index in [-0.39, 0.29) is 0 Å². The van der Waals surface area contributed by atoms with Crippen LogP contribution in [0.1, 0.15) is 40.5 Å². The lowest BCUT2D eigenvalue weighted by molar-refractivity contribution is -0.142. The van der Waals surface area contributed by atoms with Crippen LogP contribution >= 0.6 is 0 Å². The molecule has 0 bridgehead atoms. The van der Waals surface area contributed by atoms with Crippen LogP contribution in [0.3, 0.4) is 0 Å². The first-order valence-electron chi connectivity index (χ1n) is 5.56. The van der Waals surface area contributed by atoms with E-state index in [1.807, 2.05) is 13.8 Å². The minimum absolute atomic E-state index is 0.314. The molecule has 0 radical (unpaired) electrons. The molecule has 0 amide bonds. The van der Waals surface area contributed by atoms with Crippen LogP contribution in [-0.4, -0.2) is 25.2 Å². The van der Waals surface area contributed by atoms with E-state index in [0.29, 0.717) is 24.4 Å². The third-order valence-corrected chi connectivity index (χ3v) is 2.05. The fourth-order valence-corrected chi connectivity index (χ4v) is 0.912. The van der Waals surface area contributed by atoms with Crippen molar-refractivity contribution in [1.82, 2.24) is 0 Å². The summed E-state index contributed by atoms with van der Waals surface area (Å²) in [5.74, 6) is -0.902. The molecule has 4 heteroatoms. The van der Waals surface area contributed by atoms with Gasteiger partial charge in [-0.25, -0.2) is 9.59 Å². The Labute approximate surface area is 96.6 Å². The highest BCUT2D eigenvalue weighted by atomic mass is 16.5. The maximum Gasteiger partial charge on any atom is 0.334 e. The zero-order valence-electron chi connectivity index (χ0n) is 10.5. The first-order chi connectivity index (χ1) is 7.54. The Morgan fingerprint density at radius 2 is 1.12 bits per heavy atom. The van der Waals surface area contributed by atoms with Crippen LogP contribution in [0.4, 0.5) is 0 Å². The maximum atomic E-state index is 11.4. The molecule has 92 valence electrons. The Morgan fingerprint density at radius 1 is 0.812 bits per heavy atom. The van der Waals surface area contributed by atoms with Gasteiger partial charge >= 0.3 is 11.9 Å². The number of rotatable bonds is 6. The monoisotopic (exact) mass is 228 g/mol. The SMILES string of the molecule is CCCOC(=O)/C(C)=C(\C)C(=O)OCCC. The van der Waals surface area contributed by atoms with E-state index in [9.17, 15) is 9.59 Å². The van der Waals surface area contributed by atoms with Crippen molar-refractivity contribution in [2.24, 2.45) is 0 Å². The average molecular weight is 228 g/mol. The zero-order chi connectivity index (χ0) is 12.6. The molecule has 0 aliphatic rings. The number of carbonyl (C=O) groups is 2. The summed E-state index contributed by atoms with van der Waals surface area (Å²) in [6.07, 6.45) is 1.52. The Kier molecular flexibility index (Phi) is 7.25. The van der Waals surface area contributed by atoms with E-state index in [1.54, 1.807) is 13.8 Å². The molecule has 0 saturated heterocycles. The largest absolute Gasteiger partial charge is 0.462 e. The Balaban J connectivity index is 4.43. The van der Waals surface area contributed by atoms with Gasteiger partial charge in [-0.05, 0) is 26.7 Å². The molecular formula is C12H20O4. The summed E-state index contributed by atoms with van der Waals surface area (Å²) in [6, 6.07) is 0. The van der Waals surface area contributed by atoms with Crippen LogP contribution in [0.25, 0.3) is 0 Å². The third kappa shape index (κ3) is 4.96. The van der Waals surface area contributed by atoms with Gasteiger partial charge in [-0.15, -0.1) is 0 Å². The van der Waals surface area contributed by atoms with Crippen molar-refractivity contribution >= 4 is 11.9 Å². The van der Waals surface area contributed by atoms with Crippen molar-refractivity contribution in [3.8, 4) is 0 Å². The number of esters is 2. The number of hydrogen-bond donors (Lipinski definition) is 0. The van der Waals surface area contributed by atoms with Gasteiger partial charge in [0.1, 0.15) is 0 Å². The molecule has 0 unspecified atom stereocenters. The molecule has 0 aromatic heterocycles. The second-order valence-corrected chi connectivity index (χ2v) is 3.52. The van der Waals surface area contributed by atoms with E-state index in [2.05, 4.69) is 0 Å². The van der Waals surface area contributed by atoms with E-state index < -0.39 is 11.9 Å². The van der Waals surface area contributed by atoms with Gasteiger partial charge in [0.15, 0.2) is 0 Å². The summed E-state index contributed by atoms with van der Waals surface area (Å²) >= 11 is 0. The van der Waals surface area contributed by atoms with Crippen molar-refractivity contribution in [2.75, 3.05) is 13.2 Å². The summed E-state index contributed by atoms with van der Waals surface area (Å²) in [5, 5.41) is 0. The first-order valence-corrected chi connectivity index (χ1v) is 5.56. The van der Waals surface area contributed by atoms with Crippen LogP contribution in [0.5, 0.6) is 0 Å². The molecule has 0 rings (SSSR count). The van der Waals surface area contributed by atoms with Crippen molar-refractivity contribution in [3.05, 3.63) is 11.1 Å². The van der Waals surface area contributed by atoms with Crippen LogP contribution in [0, 0.1) is 0 Å². The zero-order valence-corrected chi connectivity index (χ0v) is 10.5. The molecule has 0 aliphatic carbocycles. The number of hydrogen-bond acceptors (Lipinski definition) is 4. The summed E-state index contributed by atoms with van der Waals surface area (Å²) < 4.78 is 9.85. The molecule has 0 atom stereocenters. The van der Waals surface area contributed by atoms with Crippen molar-refractivity contribution in [2.45, 2.75) is 40.5 Å². The topological polar surface area (TPSA) is 52.6 Å². The predicted molar refractivity (Wildman–Crippen MR) is 60.9 cm³/mol. The van der Waals surface area contributed by atoms with E-state index in [1.165, 1.54) is 0 Å². The predicted octanol–water partition coefficient (Wildman–Crippen LogP) is 2.23. The molecule has 0 saturated carbocycles. The lowest BCUT2D eigenvalue weighted by atomic mass is 10.1. The average Bonchev–Trinajstić information content (AvgIpc) is 2.30. The molecule has 0 aromatic carbocycles. The van der Waals surface area contributed by atoms with Crippen molar-refractivity contribution in [1.29, 1.82) is 0 Å². The highest BCUT2D eigenvalue weighted by molar-refractivity contribution is 5.99. The molecule has 0 fully saturated rings. The van der Waals surface area contributed by atoms with E-state index in [0.717, 1.165) is 12.8 Å². The van der Waals surface area contributed by atoms with Gasteiger partial charge < -0.3 is 9.47 Å². The quantitative estimate of drug-likeness (QED) is 0.516. The van der Waals surface area contributed by atoms with Crippen LogP contribution in [0.2, 0.25) is 0 Å². The van der Waals surface area contributed by atoms with E-state index in [4.69, 9.17) is 9.47 Å². The van der Waals surface area contributed by atoms with Crippen LogP contribution < -0.4 is 0 Å². The minimum atomic E-state index is -0.451. The van der Waals surface area contributed by atoms with Gasteiger partial charge in [-0.2, -0.15) is 0 Å². The Morgan fingerprint density at radius 3 is 1.38 bits per heavy atom. The summed E-state index contributed by atoms with van der Waals surface area (Å²) in [5.41, 5.74) is 0.629. The van der Waals surface area contributed by atoms with E-state index >= 15 is 0 Å². The fourth-order valence-electron chi connectivity index (χ4n) is 0.912. The highest BCUT2D eigenvalue weighted by Gasteiger charge is 2.15. The van der Waals surface area contributed by atoms with Gasteiger partial charge in [-0.3, -0.25) is 0 Å². The lowest BCUT2D eigenvalue weighted by Crippen LogP contribution is -2.14. The standard InChI is InChI=1S/C12H20O4/c1-5-7-15-11(13)9(3)10(4)12(14)16-8-6-2/h5-8H2,1-4H3/b10-9+. The number of carbonyl (C=O) groups excluding carboxylic acids is 2. The van der Waals surface area contributed by atoms with Crippen molar-refractivity contribution in [3.63, 3.8) is 0 Å². The van der Waals surface area contributed by atoms with Gasteiger partial charge in [-0.1, -0.05) is 13.8 Å². The lowest BCUT2D eigenvalue weighted by Gasteiger charge is -2.07. The highest BCUT2D eigenvalue weighted by Crippen LogP contribution is 2.08. The normalized spacial score (nSPS) is 11.8. The van der Waals surface area contributed by atoms with Crippen molar-refractivity contribution < 1.29 is 19.1 Å². The maximum absolute atomic E-state index is 11.4. The Hall–Kier alpha value is -1.32. The summed E-state index contributed by atoms with van der Waals surface area (Å²) in [4.78, 5) is 22.9. The minimum Gasteiger partial charge on any atom is -0.462 e.